The summed E-state index contributed by atoms with van der Waals surface area (Å²) >= 11 is 0. The molecule has 0 amide bonds. The second kappa shape index (κ2) is 7.38. The molecule has 0 N–H and O–H groups in total. The molecule has 1 aliphatic heterocycles. The van der Waals surface area contributed by atoms with Gasteiger partial charge in [0, 0.05) is 0 Å². The Kier molecular flexibility index (Phi) is 4.81. The molecule has 2 aliphatic rings. The highest BCUT2D eigenvalue weighted by atomic mass is 16.5. The normalized spacial score (nSPS) is 21.0. The lowest BCUT2D eigenvalue weighted by Gasteiger charge is -2.20. The highest BCUT2D eigenvalue weighted by Gasteiger charge is 2.31. The third-order valence-electron chi connectivity index (χ3n) is 5.25. The molecular weight excluding hydrogens is 324 g/mol. The van der Waals surface area contributed by atoms with E-state index in [1.54, 1.807) is 14.2 Å². The van der Waals surface area contributed by atoms with Gasteiger partial charge in [-0.3, -0.25) is 0 Å². The zero-order chi connectivity index (χ0) is 17.9. The van der Waals surface area contributed by atoms with Crippen molar-refractivity contribution >= 4 is 6.08 Å². The van der Waals surface area contributed by atoms with Crippen molar-refractivity contribution in [3.63, 3.8) is 0 Å². The van der Waals surface area contributed by atoms with E-state index in [9.17, 15) is 0 Å². The first-order chi connectivity index (χ1) is 12.8. The summed E-state index contributed by atoms with van der Waals surface area (Å²) in [5.41, 5.74) is 6.67. The molecular formula is C23H24O3. The summed E-state index contributed by atoms with van der Waals surface area (Å²) in [5.74, 6) is 1.77. The van der Waals surface area contributed by atoms with Crippen LogP contribution in [-0.4, -0.2) is 20.8 Å². The highest BCUT2D eigenvalue weighted by molar-refractivity contribution is 5.62. The first-order valence-corrected chi connectivity index (χ1v) is 9.11. The fourth-order valence-electron chi connectivity index (χ4n) is 3.86. The van der Waals surface area contributed by atoms with Crippen LogP contribution in [0.2, 0.25) is 0 Å². The number of hydrogen-bond donors (Lipinski definition) is 0. The fourth-order valence-corrected chi connectivity index (χ4v) is 3.86. The average molecular weight is 348 g/mol. The second-order valence-electron chi connectivity index (χ2n) is 6.76. The van der Waals surface area contributed by atoms with Crippen molar-refractivity contribution in [2.75, 3.05) is 20.8 Å². The third-order valence-corrected chi connectivity index (χ3v) is 5.25. The van der Waals surface area contributed by atoms with Crippen molar-refractivity contribution in [1.82, 2.24) is 0 Å². The average Bonchev–Trinajstić information content (AvgIpc) is 3.14. The molecule has 0 radical (unpaired) electrons. The maximum absolute atomic E-state index is 6.19. The van der Waals surface area contributed by atoms with Crippen molar-refractivity contribution < 1.29 is 14.2 Å². The van der Waals surface area contributed by atoms with E-state index >= 15 is 0 Å². The first kappa shape index (κ1) is 16.9. The molecule has 4 rings (SSSR count). The van der Waals surface area contributed by atoms with Crippen LogP contribution >= 0.6 is 0 Å². The molecule has 0 saturated heterocycles. The van der Waals surface area contributed by atoms with Crippen molar-refractivity contribution in [1.29, 1.82) is 0 Å². The molecule has 1 atom stereocenters. The Labute approximate surface area is 154 Å². The predicted octanol–water partition coefficient (Wildman–Crippen LogP) is 5.34. The van der Waals surface area contributed by atoms with Gasteiger partial charge in [-0.1, -0.05) is 30.3 Å². The van der Waals surface area contributed by atoms with Crippen molar-refractivity contribution in [3.8, 4) is 11.5 Å². The summed E-state index contributed by atoms with van der Waals surface area (Å²) in [6.07, 6.45) is 5.79. The quantitative estimate of drug-likeness (QED) is 0.746. The topological polar surface area (TPSA) is 27.7 Å². The molecule has 0 unspecified atom stereocenters. The van der Waals surface area contributed by atoms with Gasteiger partial charge in [-0.15, -0.1) is 0 Å². The van der Waals surface area contributed by atoms with E-state index < -0.39 is 0 Å². The van der Waals surface area contributed by atoms with E-state index in [-0.39, 0.29) is 6.10 Å². The van der Waals surface area contributed by atoms with Gasteiger partial charge in [0.1, 0.15) is 17.6 Å². The molecule has 2 aromatic carbocycles. The molecule has 1 heterocycles. The van der Waals surface area contributed by atoms with Crippen LogP contribution in [0, 0.1) is 0 Å². The van der Waals surface area contributed by atoms with Gasteiger partial charge in [-0.2, -0.15) is 0 Å². The van der Waals surface area contributed by atoms with Gasteiger partial charge in [0.15, 0.2) is 0 Å². The number of rotatable bonds is 4. The van der Waals surface area contributed by atoms with Gasteiger partial charge >= 0.3 is 0 Å². The van der Waals surface area contributed by atoms with Crippen LogP contribution in [0.25, 0.3) is 6.08 Å². The lowest BCUT2D eigenvalue weighted by atomic mass is 9.84. The van der Waals surface area contributed by atoms with Gasteiger partial charge in [0.2, 0.25) is 0 Å². The van der Waals surface area contributed by atoms with E-state index in [1.165, 1.54) is 34.3 Å². The van der Waals surface area contributed by atoms with Crippen LogP contribution in [0.5, 0.6) is 11.5 Å². The summed E-state index contributed by atoms with van der Waals surface area (Å²) < 4.78 is 16.7. The van der Waals surface area contributed by atoms with E-state index in [1.807, 2.05) is 24.3 Å². The SMILES string of the molecule is COc1ccc(/C=C2/CCCC3=C2CO[C@H]3c2ccc(OC)cc2)cc1. The zero-order valence-electron chi connectivity index (χ0n) is 15.3. The molecule has 26 heavy (non-hydrogen) atoms. The minimum absolute atomic E-state index is 0.0791. The van der Waals surface area contributed by atoms with E-state index in [0.29, 0.717) is 6.61 Å². The molecule has 0 bridgehead atoms. The molecule has 2 aromatic rings. The van der Waals surface area contributed by atoms with Gasteiger partial charge in [-0.05, 0) is 71.4 Å². The van der Waals surface area contributed by atoms with Gasteiger partial charge in [0.05, 0.1) is 20.8 Å². The maximum Gasteiger partial charge on any atom is 0.118 e. The van der Waals surface area contributed by atoms with Crippen LogP contribution in [0.3, 0.4) is 0 Å². The van der Waals surface area contributed by atoms with Crippen LogP contribution in [0.1, 0.15) is 36.5 Å². The lowest BCUT2D eigenvalue weighted by Crippen LogP contribution is -2.04. The van der Waals surface area contributed by atoms with Crippen molar-refractivity contribution in [2.24, 2.45) is 0 Å². The Balaban J connectivity index is 1.62. The lowest BCUT2D eigenvalue weighted by molar-refractivity contribution is 0.120. The number of benzene rings is 2. The van der Waals surface area contributed by atoms with Gasteiger partial charge < -0.3 is 14.2 Å². The Hall–Kier alpha value is -2.52. The van der Waals surface area contributed by atoms with E-state index in [4.69, 9.17) is 14.2 Å². The zero-order valence-corrected chi connectivity index (χ0v) is 15.3. The molecule has 0 spiro atoms. The van der Waals surface area contributed by atoms with Crippen LogP contribution in [0.15, 0.2) is 65.3 Å². The second-order valence-corrected chi connectivity index (χ2v) is 6.76. The molecule has 0 fully saturated rings. The molecule has 1 aliphatic carbocycles. The highest BCUT2D eigenvalue weighted by Crippen LogP contribution is 2.44. The van der Waals surface area contributed by atoms with Crippen LogP contribution < -0.4 is 9.47 Å². The number of hydrogen-bond acceptors (Lipinski definition) is 3. The summed E-state index contributed by atoms with van der Waals surface area (Å²) in [6.45, 7) is 0.702. The molecule has 3 nitrogen and oxygen atoms in total. The minimum atomic E-state index is 0.0791. The Morgan fingerprint density at radius 1 is 0.885 bits per heavy atom. The number of methoxy groups -OCH3 is 2. The summed E-state index contributed by atoms with van der Waals surface area (Å²) in [6, 6.07) is 16.5. The smallest absolute Gasteiger partial charge is 0.118 e. The third kappa shape index (κ3) is 3.27. The predicted molar refractivity (Wildman–Crippen MR) is 104 cm³/mol. The molecule has 134 valence electrons. The summed E-state index contributed by atoms with van der Waals surface area (Å²) in [7, 11) is 3.39. The van der Waals surface area contributed by atoms with Crippen molar-refractivity contribution in [3.05, 3.63) is 76.4 Å². The minimum Gasteiger partial charge on any atom is -0.497 e. The largest absolute Gasteiger partial charge is 0.497 e. The van der Waals surface area contributed by atoms with Crippen molar-refractivity contribution in [2.45, 2.75) is 25.4 Å². The summed E-state index contributed by atoms with van der Waals surface area (Å²) in [5, 5.41) is 0. The fraction of sp³-hybridized carbons (Fsp3) is 0.304. The van der Waals surface area contributed by atoms with Gasteiger partial charge in [-0.25, -0.2) is 0 Å². The molecule has 3 heteroatoms. The Morgan fingerprint density at radius 3 is 2.19 bits per heavy atom. The standard InChI is InChI=1S/C23H24O3/c1-24-19-10-6-16(7-11-19)14-18-4-3-5-21-22(18)15-26-23(21)17-8-12-20(25-2)13-9-17/h6-14,23H,3-5,15H2,1-2H3/b18-14-/t23-/m0/s1. The van der Waals surface area contributed by atoms with Crippen LogP contribution in [0.4, 0.5) is 0 Å². The first-order valence-electron chi connectivity index (χ1n) is 9.11. The monoisotopic (exact) mass is 348 g/mol. The molecule has 0 aromatic heterocycles. The Bertz CT molecular complexity index is 829. The maximum atomic E-state index is 6.19. The van der Waals surface area contributed by atoms with Crippen LogP contribution in [-0.2, 0) is 4.74 Å². The number of ether oxygens (including phenoxy) is 3. The van der Waals surface area contributed by atoms with Gasteiger partial charge in [0.25, 0.3) is 0 Å². The molecule has 0 saturated carbocycles. The summed E-state index contributed by atoms with van der Waals surface area (Å²) in [4.78, 5) is 0. The van der Waals surface area contributed by atoms with E-state index in [2.05, 4.69) is 30.3 Å². The Morgan fingerprint density at radius 2 is 1.54 bits per heavy atom. The van der Waals surface area contributed by atoms with E-state index in [0.717, 1.165) is 24.3 Å².